The maximum absolute atomic E-state index is 12.7. The Hall–Kier alpha value is -2.58. The van der Waals surface area contributed by atoms with E-state index in [0.29, 0.717) is 27.9 Å². The minimum atomic E-state index is -0.000731. The first-order valence-corrected chi connectivity index (χ1v) is 8.87. The van der Waals surface area contributed by atoms with Gasteiger partial charge in [-0.1, -0.05) is 11.6 Å². The summed E-state index contributed by atoms with van der Waals surface area (Å²) in [7, 11) is 5.17. The van der Waals surface area contributed by atoms with Gasteiger partial charge in [0.1, 0.15) is 10.8 Å². The number of carbonyl (C=O) groups excluding carboxylic acids is 1. The highest BCUT2D eigenvalue weighted by Gasteiger charge is 2.21. The Morgan fingerprint density at radius 1 is 1.33 bits per heavy atom. The number of nitrogens with one attached hydrogen (secondary N) is 1. The molecule has 1 saturated heterocycles. The second-order valence-electron chi connectivity index (χ2n) is 5.97. The molecule has 1 heterocycles. The summed E-state index contributed by atoms with van der Waals surface area (Å²) in [4.78, 5) is 24.6. The van der Waals surface area contributed by atoms with Crippen molar-refractivity contribution in [1.82, 2.24) is 9.80 Å². The molecule has 27 heavy (non-hydrogen) atoms. The maximum Gasteiger partial charge on any atom is 0.254 e. The number of amides is 1. The van der Waals surface area contributed by atoms with Crippen LogP contribution in [0.4, 0.5) is 5.69 Å². The van der Waals surface area contributed by atoms with E-state index in [2.05, 4.69) is 27.2 Å². The van der Waals surface area contributed by atoms with E-state index in [9.17, 15) is 4.79 Å². The molecule has 3 N–H and O–H groups in total. The molecule has 1 aromatic carbocycles. The van der Waals surface area contributed by atoms with Gasteiger partial charge in [0.25, 0.3) is 5.91 Å². The number of nitrogens with two attached hydrogens (primary N) is 1. The van der Waals surface area contributed by atoms with Gasteiger partial charge < -0.3 is 25.6 Å². The molecular formula is C18H25ClN6O2. The first kappa shape index (κ1) is 20.7. The van der Waals surface area contributed by atoms with Crippen molar-refractivity contribution in [1.29, 1.82) is 0 Å². The Labute approximate surface area is 164 Å². The standard InChI is InChI=1S/C18H25ClN6O2/c1-21-17(23-12-20)14(19)11-22-15-5-4-13(10-16(15)27-3)18(26)25-8-6-24(2)7-9-25/h4-5,10-12,22H,6-9H2,1-3H3,(H2,20,21,23)/b14-11+. The SMILES string of the molecule is CN=C(N=CN)/C(Cl)=C\Nc1ccc(C(=O)N2CCN(C)CC2)cc1OC. The summed E-state index contributed by atoms with van der Waals surface area (Å²) in [6, 6.07) is 5.26. The van der Waals surface area contributed by atoms with Crippen LogP contribution in [0.2, 0.25) is 0 Å². The summed E-state index contributed by atoms with van der Waals surface area (Å²) in [5.41, 5.74) is 6.52. The van der Waals surface area contributed by atoms with Crippen molar-refractivity contribution in [2.24, 2.45) is 15.7 Å². The molecule has 1 aliphatic heterocycles. The van der Waals surface area contributed by atoms with Gasteiger partial charge in [-0.25, -0.2) is 4.99 Å². The lowest BCUT2D eigenvalue weighted by molar-refractivity contribution is 0.0664. The quantitative estimate of drug-likeness (QED) is 0.586. The number of rotatable bonds is 5. The van der Waals surface area contributed by atoms with Crippen molar-refractivity contribution in [2.75, 3.05) is 52.7 Å². The number of hydrogen-bond donors (Lipinski definition) is 2. The monoisotopic (exact) mass is 392 g/mol. The number of hydrogen-bond acceptors (Lipinski definition) is 5. The number of likely N-dealkylation sites (N-methyl/N-ethyl adjacent to an activating group) is 1. The van der Waals surface area contributed by atoms with E-state index in [-0.39, 0.29) is 5.91 Å². The third kappa shape index (κ3) is 5.45. The van der Waals surface area contributed by atoms with Gasteiger partial charge in [0.2, 0.25) is 0 Å². The van der Waals surface area contributed by atoms with E-state index in [1.54, 1.807) is 32.4 Å². The van der Waals surface area contributed by atoms with E-state index in [1.165, 1.54) is 6.20 Å². The molecule has 1 amide bonds. The van der Waals surface area contributed by atoms with E-state index < -0.39 is 0 Å². The van der Waals surface area contributed by atoms with Gasteiger partial charge >= 0.3 is 0 Å². The lowest BCUT2D eigenvalue weighted by Gasteiger charge is -2.32. The molecule has 0 unspecified atom stereocenters. The van der Waals surface area contributed by atoms with Gasteiger partial charge in [-0.05, 0) is 25.2 Å². The molecule has 0 radical (unpaired) electrons. The summed E-state index contributed by atoms with van der Waals surface area (Å²) >= 11 is 6.16. The Bertz CT molecular complexity index is 754. The Kier molecular flexibility index (Phi) is 7.63. The van der Waals surface area contributed by atoms with Crippen LogP contribution >= 0.6 is 11.6 Å². The molecule has 1 aliphatic rings. The van der Waals surface area contributed by atoms with Crippen LogP contribution in [-0.2, 0) is 0 Å². The number of anilines is 1. The fraction of sp³-hybridized carbons (Fsp3) is 0.389. The molecule has 9 heteroatoms. The molecule has 0 spiro atoms. The molecule has 0 atom stereocenters. The highest BCUT2D eigenvalue weighted by atomic mass is 35.5. The lowest BCUT2D eigenvalue weighted by atomic mass is 10.1. The minimum Gasteiger partial charge on any atom is -0.495 e. The Morgan fingerprint density at radius 2 is 2.04 bits per heavy atom. The zero-order valence-corrected chi connectivity index (χ0v) is 16.5. The van der Waals surface area contributed by atoms with Crippen molar-refractivity contribution in [2.45, 2.75) is 0 Å². The predicted octanol–water partition coefficient (Wildman–Crippen LogP) is 1.59. The number of carbonyl (C=O) groups is 1. The van der Waals surface area contributed by atoms with Crippen LogP contribution in [0.3, 0.4) is 0 Å². The van der Waals surface area contributed by atoms with E-state index in [0.717, 1.165) is 32.5 Å². The highest BCUT2D eigenvalue weighted by molar-refractivity contribution is 6.43. The maximum atomic E-state index is 12.7. The normalized spacial score (nSPS) is 16.7. The number of amidine groups is 1. The van der Waals surface area contributed by atoms with Crippen LogP contribution in [0, 0.1) is 0 Å². The number of halogens is 1. The molecule has 8 nitrogen and oxygen atoms in total. The lowest BCUT2D eigenvalue weighted by Crippen LogP contribution is -2.47. The molecule has 1 aromatic rings. The van der Waals surface area contributed by atoms with Crippen molar-refractivity contribution in [3.8, 4) is 5.75 Å². The summed E-state index contributed by atoms with van der Waals surface area (Å²) in [5, 5.41) is 3.33. The smallest absolute Gasteiger partial charge is 0.254 e. The summed E-state index contributed by atoms with van der Waals surface area (Å²) in [6.07, 6.45) is 2.66. The predicted molar refractivity (Wildman–Crippen MR) is 110 cm³/mol. The second-order valence-corrected chi connectivity index (χ2v) is 6.38. The molecule has 0 aromatic heterocycles. The molecule has 1 fully saturated rings. The number of benzene rings is 1. The Balaban J connectivity index is 2.15. The van der Waals surface area contributed by atoms with Crippen LogP contribution in [0.25, 0.3) is 0 Å². The van der Waals surface area contributed by atoms with Crippen LogP contribution in [0.5, 0.6) is 5.75 Å². The molecule has 0 saturated carbocycles. The molecule has 0 bridgehead atoms. The average molecular weight is 393 g/mol. The first-order valence-electron chi connectivity index (χ1n) is 8.49. The fourth-order valence-corrected chi connectivity index (χ4v) is 2.83. The number of nitrogens with zero attached hydrogens (tertiary/aromatic N) is 4. The third-order valence-electron chi connectivity index (χ3n) is 4.22. The third-order valence-corrected chi connectivity index (χ3v) is 4.49. The molecular weight excluding hydrogens is 368 g/mol. The fourth-order valence-electron chi connectivity index (χ4n) is 2.64. The van der Waals surface area contributed by atoms with Gasteiger partial charge in [-0.3, -0.25) is 9.79 Å². The molecule has 0 aliphatic carbocycles. The van der Waals surface area contributed by atoms with Crippen LogP contribution < -0.4 is 15.8 Å². The zero-order chi connectivity index (χ0) is 19.8. The second kappa shape index (κ2) is 9.94. The summed E-state index contributed by atoms with van der Waals surface area (Å²) in [6.45, 7) is 3.18. The van der Waals surface area contributed by atoms with Gasteiger partial charge in [0, 0.05) is 45.0 Å². The molecule has 146 valence electrons. The van der Waals surface area contributed by atoms with Crippen LogP contribution in [-0.4, -0.2) is 75.3 Å². The number of ether oxygens (including phenoxy) is 1. The van der Waals surface area contributed by atoms with E-state index >= 15 is 0 Å². The van der Waals surface area contributed by atoms with Crippen LogP contribution in [0.1, 0.15) is 10.4 Å². The summed E-state index contributed by atoms with van der Waals surface area (Å²) in [5.74, 6) is 0.833. The van der Waals surface area contributed by atoms with Gasteiger partial charge in [-0.15, -0.1) is 0 Å². The number of aliphatic imine (C=N–C) groups is 2. The van der Waals surface area contributed by atoms with E-state index in [1.807, 2.05) is 4.90 Å². The number of piperazine rings is 1. The van der Waals surface area contributed by atoms with Crippen LogP contribution in [0.15, 0.2) is 39.4 Å². The Morgan fingerprint density at radius 3 is 2.63 bits per heavy atom. The zero-order valence-electron chi connectivity index (χ0n) is 15.8. The van der Waals surface area contributed by atoms with Gasteiger partial charge in [-0.2, -0.15) is 0 Å². The van der Waals surface area contributed by atoms with Gasteiger partial charge in [0.15, 0.2) is 5.84 Å². The van der Waals surface area contributed by atoms with Crippen molar-refractivity contribution in [3.05, 3.63) is 35.0 Å². The minimum absolute atomic E-state index is 0.000731. The largest absolute Gasteiger partial charge is 0.495 e. The molecule has 2 rings (SSSR count). The van der Waals surface area contributed by atoms with E-state index in [4.69, 9.17) is 22.1 Å². The van der Waals surface area contributed by atoms with Crippen molar-refractivity contribution >= 4 is 35.4 Å². The average Bonchev–Trinajstić information content (AvgIpc) is 2.70. The van der Waals surface area contributed by atoms with Gasteiger partial charge in [0.05, 0.1) is 19.1 Å². The van der Waals surface area contributed by atoms with Crippen molar-refractivity contribution in [3.63, 3.8) is 0 Å². The topological polar surface area (TPSA) is 95.5 Å². The summed E-state index contributed by atoms with van der Waals surface area (Å²) < 4.78 is 5.41. The van der Waals surface area contributed by atoms with Crippen molar-refractivity contribution < 1.29 is 9.53 Å². The number of methoxy groups -OCH3 is 1. The highest BCUT2D eigenvalue weighted by Crippen LogP contribution is 2.27. The first-order chi connectivity index (χ1) is 13.0.